The average molecular weight is 367 g/mol. The second-order valence-electron chi connectivity index (χ2n) is 5.42. The molecule has 2 aromatic heterocycles. The highest BCUT2D eigenvalue weighted by Gasteiger charge is 2.23. The number of thiazole rings is 2. The van der Waals surface area contributed by atoms with Crippen molar-refractivity contribution in [1.82, 2.24) is 9.97 Å². The Labute approximate surface area is 146 Å². The first-order valence-corrected chi connectivity index (χ1v) is 8.96. The highest BCUT2D eigenvalue weighted by molar-refractivity contribution is 7.15. The number of carbonyl (C=O) groups is 3. The van der Waals surface area contributed by atoms with Crippen molar-refractivity contribution in [1.29, 1.82) is 0 Å². The van der Waals surface area contributed by atoms with Crippen molar-refractivity contribution in [2.75, 3.05) is 5.32 Å². The number of carbonyl (C=O) groups excluding carboxylic acids is 2. The van der Waals surface area contributed by atoms with Gasteiger partial charge in [0, 0.05) is 22.9 Å². The molecule has 0 aliphatic carbocycles. The molecule has 1 atom stereocenters. The number of carboxylic acids is 1. The summed E-state index contributed by atoms with van der Waals surface area (Å²) < 4.78 is 0. The molecule has 0 spiro atoms. The Morgan fingerprint density at radius 2 is 2.17 bits per heavy atom. The van der Waals surface area contributed by atoms with Crippen LogP contribution in [-0.4, -0.2) is 33.2 Å². The Kier molecular flexibility index (Phi) is 6.16. The van der Waals surface area contributed by atoms with E-state index in [-0.39, 0.29) is 18.7 Å². The maximum Gasteiger partial charge on any atom is 0.313 e. The van der Waals surface area contributed by atoms with E-state index in [1.54, 1.807) is 11.6 Å². The molecule has 1 amide bonds. The minimum Gasteiger partial charge on any atom is -0.481 e. The minimum absolute atomic E-state index is 0.0283. The van der Waals surface area contributed by atoms with E-state index in [1.807, 2.05) is 13.8 Å². The number of anilines is 1. The normalized spacial score (nSPS) is 12.1. The zero-order valence-electron chi connectivity index (χ0n) is 13.2. The lowest BCUT2D eigenvalue weighted by atomic mass is 10.1. The molecule has 0 radical (unpaired) electrons. The number of hydrogen-bond acceptors (Lipinski definition) is 7. The molecule has 2 aromatic rings. The lowest BCUT2D eigenvalue weighted by molar-refractivity contribution is -0.139. The number of carboxylic acid groups (broad SMARTS) is 1. The van der Waals surface area contributed by atoms with Crippen LogP contribution in [0.25, 0.3) is 0 Å². The summed E-state index contributed by atoms with van der Waals surface area (Å²) in [6.07, 6.45) is 2.19. The van der Waals surface area contributed by atoms with Crippen molar-refractivity contribution in [3.05, 3.63) is 27.2 Å². The maximum atomic E-state index is 12.0. The number of amides is 1. The van der Waals surface area contributed by atoms with Gasteiger partial charge in [-0.2, -0.15) is 0 Å². The van der Waals surface area contributed by atoms with E-state index in [4.69, 9.17) is 5.11 Å². The summed E-state index contributed by atoms with van der Waals surface area (Å²) in [6, 6.07) is 0. The number of aromatic nitrogens is 2. The molecule has 1 unspecified atom stereocenters. The molecule has 128 valence electrons. The van der Waals surface area contributed by atoms with Crippen LogP contribution in [0, 0.1) is 0 Å². The first-order valence-electron chi connectivity index (χ1n) is 7.27. The molecule has 0 fully saturated rings. The average Bonchev–Trinajstić information content (AvgIpc) is 3.14. The monoisotopic (exact) mass is 367 g/mol. The first-order chi connectivity index (χ1) is 11.4. The van der Waals surface area contributed by atoms with Crippen molar-refractivity contribution in [2.24, 2.45) is 0 Å². The van der Waals surface area contributed by atoms with Crippen LogP contribution in [0.3, 0.4) is 0 Å². The molecule has 2 heterocycles. The van der Waals surface area contributed by atoms with Crippen LogP contribution in [0.1, 0.15) is 47.7 Å². The predicted octanol–water partition coefficient (Wildman–Crippen LogP) is 2.66. The standard InChI is InChI=1S/C15H17N3O4S2/c1-8(2)11-6-16-15(24-11)18-12(20)5-9-7-23-13(17-9)10(3-4-19)14(21)22/h4,6-8,10H,3,5H2,1-2H3,(H,21,22)(H,16,18,20). The van der Waals surface area contributed by atoms with Crippen molar-refractivity contribution in [3.63, 3.8) is 0 Å². The quantitative estimate of drug-likeness (QED) is 0.694. The van der Waals surface area contributed by atoms with E-state index in [9.17, 15) is 14.4 Å². The molecule has 24 heavy (non-hydrogen) atoms. The molecule has 2 rings (SSSR count). The Balaban J connectivity index is 1.99. The van der Waals surface area contributed by atoms with Crippen LogP contribution in [0.4, 0.5) is 5.13 Å². The summed E-state index contributed by atoms with van der Waals surface area (Å²) in [7, 11) is 0. The van der Waals surface area contributed by atoms with Crippen LogP contribution in [0.5, 0.6) is 0 Å². The molecular weight excluding hydrogens is 350 g/mol. The summed E-state index contributed by atoms with van der Waals surface area (Å²) in [5, 5.41) is 14.3. The van der Waals surface area contributed by atoms with E-state index in [0.717, 1.165) is 16.2 Å². The van der Waals surface area contributed by atoms with Gasteiger partial charge in [-0.3, -0.25) is 9.59 Å². The minimum atomic E-state index is -1.10. The van der Waals surface area contributed by atoms with E-state index >= 15 is 0 Å². The fourth-order valence-electron chi connectivity index (χ4n) is 1.91. The molecule has 0 bridgehead atoms. The number of aldehydes is 1. The number of nitrogens with zero attached hydrogens (tertiary/aromatic N) is 2. The van der Waals surface area contributed by atoms with Gasteiger partial charge in [-0.15, -0.1) is 22.7 Å². The Bertz CT molecular complexity index is 739. The van der Waals surface area contributed by atoms with E-state index < -0.39 is 11.9 Å². The largest absolute Gasteiger partial charge is 0.481 e. The predicted molar refractivity (Wildman–Crippen MR) is 91.7 cm³/mol. The Hall–Kier alpha value is -2.13. The van der Waals surface area contributed by atoms with Crippen LogP contribution in [-0.2, 0) is 20.8 Å². The molecule has 0 saturated carbocycles. The molecule has 7 nitrogen and oxygen atoms in total. The van der Waals surface area contributed by atoms with Crippen LogP contribution in [0.15, 0.2) is 11.6 Å². The van der Waals surface area contributed by atoms with Gasteiger partial charge in [0.1, 0.15) is 17.2 Å². The van der Waals surface area contributed by atoms with Gasteiger partial charge in [-0.1, -0.05) is 13.8 Å². The van der Waals surface area contributed by atoms with Crippen molar-refractivity contribution >= 4 is 46.0 Å². The van der Waals surface area contributed by atoms with Crippen LogP contribution >= 0.6 is 22.7 Å². The van der Waals surface area contributed by atoms with Crippen LogP contribution in [0.2, 0.25) is 0 Å². The molecule has 0 aliphatic heterocycles. The molecule has 9 heteroatoms. The van der Waals surface area contributed by atoms with E-state index in [0.29, 0.717) is 28.0 Å². The maximum absolute atomic E-state index is 12.0. The van der Waals surface area contributed by atoms with Gasteiger partial charge in [0.2, 0.25) is 5.91 Å². The highest BCUT2D eigenvalue weighted by atomic mass is 32.1. The number of aliphatic carboxylic acids is 1. The SMILES string of the molecule is CC(C)c1cnc(NC(=O)Cc2csc(C(CC=O)C(=O)O)n2)s1. The van der Waals surface area contributed by atoms with Crippen molar-refractivity contribution in [3.8, 4) is 0 Å². The lowest BCUT2D eigenvalue weighted by Gasteiger charge is -2.04. The van der Waals surface area contributed by atoms with E-state index in [1.165, 1.54) is 11.3 Å². The third kappa shape index (κ3) is 4.68. The Morgan fingerprint density at radius 1 is 1.42 bits per heavy atom. The first kappa shape index (κ1) is 18.2. The smallest absolute Gasteiger partial charge is 0.313 e. The van der Waals surface area contributed by atoms with Gasteiger partial charge in [-0.25, -0.2) is 9.97 Å². The third-order valence-corrected chi connectivity index (χ3v) is 5.40. The van der Waals surface area contributed by atoms with Gasteiger partial charge < -0.3 is 15.2 Å². The summed E-state index contributed by atoms with van der Waals surface area (Å²) in [5.41, 5.74) is 0.477. The number of nitrogens with one attached hydrogen (secondary N) is 1. The second-order valence-corrected chi connectivity index (χ2v) is 7.37. The molecule has 0 saturated heterocycles. The third-order valence-electron chi connectivity index (χ3n) is 3.18. The zero-order chi connectivity index (χ0) is 17.7. The van der Waals surface area contributed by atoms with Crippen LogP contribution < -0.4 is 5.32 Å². The van der Waals surface area contributed by atoms with Gasteiger partial charge >= 0.3 is 5.97 Å². The van der Waals surface area contributed by atoms with Crippen molar-refractivity contribution in [2.45, 2.75) is 38.5 Å². The van der Waals surface area contributed by atoms with Crippen molar-refractivity contribution < 1.29 is 19.5 Å². The van der Waals surface area contributed by atoms with Gasteiger partial charge in [0.05, 0.1) is 12.1 Å². The number of rotatable bonds is 8. The summed E-state index contributed by atoms with van der Waals surface area (Å²) in [5.74, 6) is -1.98. The molecule has 0 aromatic carbocycles. The topological polar surface area (TPSA) is 109 Å². The molecule has 0 aliphatic rings. The lowest BCUT2D eigenvalue weighted by Crippen LogP contribution is -2.15. The van der Waals surface area contributed by atoms with Gasteiger partial charge in [-0.05, 0) is 5.92 Å². The summed E-state index contributed by atoms with van der Waals surface area (Å²) in [6.45, 7) is 4.10. The summed E-state index contributed by atoms with van der Waals surface area (Å²) >= 11 is 2.56. The van der Waals surface area contributed by atoms with E-state index in [2.05, 4.69) is 15.3 Å². The molecular formula is C15H17N3O4S2. The van der Waals surface area contributed by atoms with Gasteiger partial charge in [0.15, 0.2) is 5.13 Å². The molecule has 2 N–H and O–H groups in total. The highest BCUT2D eigenvalue weighted by Crippen LogP contribution is 2.26. The fraction of sp³-hybridized carbons (Fsp3) is 0.400. The second kappa shape index (κ2) is 8.11. The fourth-order valence-corrected chi connectivity index (χ4v) is 3.67. The Morgan fingerprint density at radius 3 is 2.75 bits per heavy atom. The zero-order valence-corrected chi connectivity index (χ0v) is 14.8. The summed E-state index contributed by atoms with van der Waals surface area (Å²) in [4.78, 5) is 43.2. The number of hydrogen-bond donors (Lipinski definition) is 2. The van der Waals surface area contributed by atoms with Gasteiger partial charge in [0.25, 0.3) is 0 Å².